The van der Waals surface area contributed by atoms with E-state index in [1.165, 1.54) is 13.8 Å². The summed E-state index contributed by atoms with van der Waals surface area (Å²) in [4.78, 5) is 35.7. The van der Waals surface area contributed by atoms with Crippen molar-refractivity contribution < 1.29 is 19.1 Å². The predicted octanol–water partition coefficient (Wildman–Crippen LogP) is 1.71. The summed E-state index contributed by atoms with van der Waals surface area (Å²) < 4.78 is 5.00. The molecule has 0 aliphatic heterocycles. The fourth-order valence-electron chi connectivity index (χ4n) is 2.45. The zero-order valence-electron chi connectivity index (χ0n) is 13.5. The van der Waals surface area contributed by atoms with Gasteiger partial charge in [0.2, 0.25) is 11.4 Å². The number of ketones is 1. The Labute approximate surface area is 135 Å². The smallest absolute Gasteiger partial charge is 0.347 e. The first-order valence-corrected chi connectivity index (χ1v) is 7.29. The first kappa shape index (κ1) is 18.4. The molecule has 0 bridgehead atoms. The predicted molar refractivity (Wildman–Crippen MR) is 83.3 cm³/mol. The summed E-state index contributed by atoms with van der Waals surface area (Å²) in [6.07, 6.45) is -0.0728. The maximum Gasteiger partial charge on any atom is 0.347 e. The summed E-state index contributed by atoms with van der Waals surface area (Å²) in [7, 11) is 0. The number of carbonyl (C=O) groups excluding carboxylic acids is 3. The second kappa shape index (κ2) is 8.08. The molecule has 6 nitrogen and oxygen atoms in total. The molecule has 0 aliphatic rings. The van der Waals surface area contributed by atoms with Crippen molar-refractivity contribution in [2.75, 3.05) is 6.61 Å². The molecule has 0 spiro atoms. The monoisotopic (exact) mass is 316 g/mol. The molecular weight excluding hydrogens is 296 g/mol. The van der Waals surface area contributed by atoms with Crippen LogP contribution in [0.5, 0.6) is 0 Å². The first-order chi connectivity index (χ1) is 10.9. The second-order valence-corrected chi connectivity index (χ2v) is 5.19. The zero-order valence-corrected chi connectivity index (χ0v) is 13.5. The number of esters is 1. The lowest BCUT2D eigenvalue weighted by molar-refractivity contribution is -0.151. The Morgan fingerprint density at radius 3 is 2.30 bits per heavy atom. The number of hydrogen-bond donors (Lipinski definition) is 1. The van der Waals surface area contributed by atoms with Crippen LogP contribution >= 0.6 is 0 Å². The third-order valence-corrected chi connectivity index (χ3v) is 3.36. The van der Waals surface area contributed by atoms with E-state index in [1.54, 1.807) is 37.3 Å². The molecule has 0 saturated heterocycles. The molecule has 1 N–H and O–H groups in total. The second-order valence-electron chi connectivity index (χ2n) is 5.19. The highest BCUT2D eigenvalue weighted by atomic mass is 16.5. The van der Waals surface area contributed by atoms with E-state index in [0.717, 1.165) is 0 Å². The van der Waals surface area contributed by atoms with Crippen LogP contribution in [0.4, 0.5) is 0 Å². The van der Waals surface area contributed by atoms with Crippen LogP contribution < -0.4 is 5.32 Å². The largest absolute Gasteiger partial charge is 0.463 e. The molecule has 6 heteroatoms. The molecule has 1 aromatic rings. The van der Waals surface area contributed by atoms with Crippen molar-refractivity contribution in [1.29, 1.82) is 5.26 Å². The molecule has 0 saturated carbocycles. The maximum absolute atomic E-state index is 12.5. The van der Waals surface area contributed by atoms with Crippen molar-refractivity contribution in [3.05, 3.63) is 35.9 Å². The molecule has 2 atom stereocenters. The van der Waals surface area contributed by atoms with Gasteiger partial charge < -0.3 is 14.8 Å². The zero-order chi connectivity index (χ0) is 17.5. The van der Waals surface area contributed by atoms with Gasteiger partial charge in [0.25, 0.3) is 0 Å². The van der Waals surface area contributed by atoms with Crippen molar-refractivity contribution in [2.24, 2.45) is 0 Å². The van der Waals surface area contributed by atoms with E-state index in [0.29, 0.717) is 5.56 Å². The number of nitrogens with zero attached hydrogens (tertiary/aromatic N) is 1. The van der Waals surface area contributed by atoms with Crippen molar-refractivity contribution in [2.45, 2.75) is 38.6 Å². The third kappa shape index (κ3) is 4.39. The third-order valence-electron chi connectivity index (χ3n) is 3.36. The lowest BCUT2D eigenvalue weighted by Gasteiger charge is -2.33. The van der Waals surface area contributed by atoms with Crippen LogP contribution in [0, 0.1) is 11.3 Å². The van der Waals surface area contributed by atoms with E-state index >= 15 is 0 Å². The van der Waals surface area contributed by atoms with Crippen molar-refractivity contribution >= 4 is 17.7 Å². The van der Waals surface area contributed by atoms with Gasteiger partial charge in [-0.3, -0.25) is 4.79 Å². The van der Waals surface area contributed by atoms with Crippen molar-refractivity contribution in [3.8, 4) is 6.07 Å². The summed E-state index contributed by atoms with van der Waals surface area (Å²) in [5.74, 6) is -2.46. The maximum atomic E-state index is 12.5. The molecule has 122 valence electrons. The summed E-state index contributed by atoms with van der Waals surface area (Å²) in [5, 5.41) is 12.1. The molecular formula is C17H20N2O4. The minimum atomic E-state index is -1.95. The van der Waals surface area contributed by atoms with Gasteiger partial charge in [-0.15, -0.1) is 0 Å². The molecule has 1 rings (SSSR count). The number of nitrogens with one attached hydrogen (secondary N) is 1. The highest BCUT2D eigenvalue weighted by Gasteiger charge is 2.49. The highest BCUT2D eigenvalue weighted by molar-refractivity contribution is 5.92. The summed E-state index contributed by atoms with van der Waals surface area (Å²) in [6, 6.07) is 10.6. The van der Waals surface area contributed by atoms with E-state index < -0.39 is 23.3 Å². The minimum Gasteiger partial charge on any atom is -0.463 e. The Morgan fingerprint density at radius 1 is 1.26 bits per heavy atom. The number of amides is 1. The molecule has 2 unspecified atom stereocenters. The number of nitriles is 1. The average Bonchev–Trinajstić information content (AvgIpc) is 2.51. The molecule has 0 aromatic heterocycles. The number of rotatable bonds is 7. The van der Waals surface area contributed by atoms with Crippen molar-refractivity contribution in [1.82, 2.24) is 5.32 Å². The van der Waals surface area contributed by atoms with Gasteiger partial charge in [0.15, 0.2) is 0 Å². The Kier molecular flexibility index (Phi) is 6.46. The molecule has 0 fully saturated rings. The molecule has 1 aromatic carbocycles. The van der Waals surface area contributed by atoms with Gasteiger partial charge in [-0.1, -0.05) is 30.3 Å². The van der Waals surface area contributed by atoms with Gasteiger partial charge in [-0.05, 0) is 19.4 Å². The van der Waals surface area contributed by atoms with Crippen molar-refractivity contribution in [3.63, 3.8) is 0 Å². The number of ether oxygens (including phenoxy) is 1. The lowest BCUT2D eigenvalue weighted by Crippen LogP contribution is -2.58. The van der Waals surface area contributed by atoms with Gasteiger partial charge in [0.05, 0.1) is 6.61 Å². The number of Topliss-reactive ketones (excluding diaryl/α,β-unsaturated/α-hetero) is 1. The number of benzene rings is 1. The van der Waals surface area contributed by atoms with Crippen LogP contribution in [0.15, 0.2) is 30.3 Å². The normalized spacial score (nSPS) is 14.0. The van der Waals surface area contributed by atoms with Crippen LogP contribution in [0.1, 0.15) is 38.7 Å². The summed E-state index contributed by atoms with van der Waals surface area (Å²) in [5.41, 5.74) is -1.35. The molecule has 23 heavy (non-hydrogen) atoms. The van der Waals surface area contributed by atoms with Crippen LogP contribution in [-0.2, 0) is 19.1 Å². The number of carbonyl (C=O) groups is 3. The average molecular weight is 316 g/mol. The first-order valence-electron chi connectivity index (χ1n) is 7.29. The molecule has 1 amide bonds. The van der Waals surface area contributed by atoms with E-state index in [1.807, 2.05) is 6.07 Å². The van der Waals surface area contributed by atoms with Crippen LogP contribution in [0.25, 0.3) is 0 Å². The Bertz CT molecular complexity index is 621. The minimum absolute atomic E-state index is 0.0590. The topological polar surface area (TPSA) is 96.3 Å². The fourth-order valence-corrected chi connectivity index (χ4v) is 2.45. The van der Waals surface area contributed by atoms with Gasteiger partial charge in [-0.25, -0.2) is 4.79 Å². The summed E-state index contributed by atoms with van der Waals surface area (Å²) >= 11 is 0. The van der Waals surface area contributed by atoms with Crippen LogP contribution in [0.3, 0.4) is 0 Å². The number of hydrogen-bond acceptors (Lipinski definition) is 5. The molecule has 0 radical (unpaired) electrons. The Hall–Kier alpha value is -2.68. The lowest BCUT2D eigenvalue weighted by atomic mass is 9.77. The van der Waals surface area contributed by atoms with E-state index in [9.17, 15) is 19.6 Å². The van der Waals surface area contributed by atoms with Crippen LogP contribution in [0.2, 0.25) is 0 Å². The Morgan fingerprint density at radius 2 is 1.87 bits per heavy atom. The summed E-state index contributed by atoms with van der Waals surface area (Å²) in [6.45, 7) is 4.25. The van der Waals surface area contributed by atoms with E-state index in [4.69, 9.17) is 4.74 Å². The fraction of sp³-hybridized carbons (Fsp3) is 0.412. The standard InChI is InChI=1S/C17H20N2O4/c1-4-23-16(22)17(11-18,19-13(3)21)15(10-12(2)20)14-8-6-5-7-9-14/h5-9,15H,4,10H2,1-3H3,(H,19,21). The van der Waals surface area contributed by atoms with Gasteiger partial charge in [0.1, 0.15) is 11.9 Å². The van der Waals surface area contributed by atoms with Gasteiger partial charge in [0, 0.05) is 19.3 Å². The van der Waals surface area contributed by atoms with Gasteiger partial charge in [-0.2, -0.15) is 5.26 Å². The highest BCUT2D eigenvalue weighted by Crippen LogP contribution is 2.33. The van der Waals surface area contributed by atoms with E-state index in [-0.39, 0.29) is 18.8 Å². The van der Waals surface area contributed by atoms with Crippen LogP contribution in [-0.4, -0.2) is 29.8 Å². The van der Waals surface area contributed by atoms with Gasteiger partial charge >= 0.3 is 5.97 Å². The van der Waals surface area contributed by atoms with E-state index in [2.05, 4.69) is 5.32 Å². The molecule has 0 heterocycles. The molecule has 0 aliphatic carbocycles. The SMILES string of the molecule is CCOC(=O)C(C#N)(NC(C)=O)C(CC(C)=O)c1ccccc1. The Balaban J connectivity index is 3.48. The quantitative estimate of drug-likeness (QED) is 0.772.